The van der Waals surface area contributed by atoms with Gasteiger partial charge in [-0.3, -0.25) is 0 Å². The maximum Gasteiger partial charge on any atom is 0.449 e. The summed E-state index contributed by atoms with van der Waals surface area (Å²) >= 11 is 0. The normalized spacial score (nSPS) is 19.2. The lowest BCUT2D eigenvalue weighted by Crippen LogP contribution is -2.17. The Morgan fingerprint density at radius 2 is 1.94 bits per heavy atom. The van der Waals surface area contributed by atoms with E-state index in [2.05, 4.69) is 4.98 Å². The molecule has 12 heteroatoms. The molecule has 174 valence electrons. The van der Waals surface area contributed by atoms with Gasteiger partial charge in [0.15, 0.2) is 28.0 Å². The molecule has 0 fully saturated rings. The Hall–Kier alpha value is -3.69. The van der Waals surface area contributed by atoms with Crippen LogP contribution in [0.5, 0.6) is 23.0 Å². The van der Waals surface area contributed by atoms with Crippen LogP contribution in [0.2, 0.25) is 0 Å². The van der Waals surface area contributed by atoms with Crippen molar-refractivity contribution in [2.75, 3.05) is 26.8 Å². The number of diazo groups is 1. The molecule has 2 aromatic carbocycles. The molecule has 0 spiro atoms. The number of ether oxygens (including phenoxy) is 5. The molecule has 0 aliphatic carbocycles. The van der Waals surface area contributed by atoms with Crippen molar-refractivity contribution < 1.29 is 41.4 Å². The molecule has 0 saturated carbocycles. The maximum absolute atomic E-state index is 11.5. The van der Waals surface area contributed by atoms with E-state index in [0.29, 0.717) is 17.1 Å². The van der Waals surface area contributed by atoms with E-state index in [1.165, 1.54) is 19.2 Å². The number of aliphatic hydroxyl groups is 1. The molecule has 2 aliphatic rings. The second kappa shape index (κ2) is 9.05. The molecular weight excluding hydrogens is 456 g/mol. The van der Waals surface area contributed by atoms with E-state index in [4.69, 9.17) is 27.9 Å². The number of fused-ring (bicyclic) bond motifs is 1. The summed E-state index contributed by atoms with van der Waals surface area (Å²) < 4.78 is 55.1. The van der Waals surface area contributed by atoms with E-state index >= 15 is 0 Å². The zero-order valence-corrected chi connectivity index (χ0v) is 18.6. The average Bonchev–Trinajstić information content (AvgIpc) is 3.36. The standard InChI is InChI=1S/C21H20N2O9S/c1-27-17-8-13(4-6-16(17)32-33(2,25)26)20-14(19(23-22)21(24)31-20)10-28-9-12-3-5-15-18(7-12)30-11-29-15/h3-8,14,20H,9-11H2,1-2H3/p+1/t14-,20+/m0/s1. The van der Waals surface area contributed by atoms with Gasteiger partial charge in [0.2, 0.25) is 12.2 Å². The Labute approximate surface area is 189 Å². The predicted octanol–water partition coefficient (Wildman–Crippen LogP) is 3.25. The smallest absolute Gasteiger partial charge is 0.449 e. The minimum Gasteiger partial charge on any atom is -0.493 e. The fraction of sp³-hybridized carbons (Fsp3) is 0.333. The van der Waals surface area contributed by atoms with Gasteiger partial charge in [-0.2, -0.15) is 8.42 Å². The Kier molecular flexibility index (Phi) is 6.17. The van der Waals surface area contributed by atoms with Gasteiger partial charge < -0.3 is 33.0 Å². The van der Waals surface area contributed by atoms with Crippen LogP contribution >= 0.6 is 0 Å². The topological polar surface area (TPSA) is 138 Å². The number of nitrogens with zero attached hydrogens (tertiary/aromatic N) is 2. The van der Waals surface area contributed by atoms with Crippen molar-refractivity contribution in [1.29, 1.82) is 5.39 Å². The van der Waals surface area contributed by atoms with Crippen molar-refractivity contribution in [2.24, 2.45) is 5.92 Å². The van der Waals surface area contributed by atoms with Gasteiger partial charge in [-0.1, -0.05) is 12.1 Å². The van der Waals surface area contributed by atoms with Gasteiger partial charge >= 0.3 is 21.8 Å². The Balaban J connectivity index is 1.51. The van der Waals surface area contributed by atoms with Crippen LogP contribution in [0.4, 0.5) is 0 Å². The first-order chi connectivity index (χ1) is 15.8. The third-order valence-electron chi connectivity index (χ3n) is 5.04. The van der Waals surface area contributed by atoms with E-state index in [0.717, 1.165) is 11.8 Å². The highest BCUT2D eigenvalue weighted by atomic mass is 32.2. The third-order valence-corrected chi connectivity index (χ3v) is 5.52. The fourth-order valence-corrected chi connectivity index (χ4v) is 4.04. The minimum absolute atomic E-state index is 0.00149. The van der Waals surface area contributed by atoms with Gasteiger partial charge in [-0.15, -0.1) is 0 Å². The molecular formula is C21H21N2O9S+. The quantitative estimate of drug-likeness (QED) is 0.445. The van der Waals surface area contributed by atoms with Crippen LogP contribution in [0.15, 0.2) is 48.0 Å². The van der Waals surface area contributed by atoms with Crippen molar-refractivity contribution in [3.05, 3.63) is 64.1 Å². The van der Waals surface area contributed by atoms with Gasteiger partial charge in [0, 0.05) is 0 Å². The first-order valence-corrected chi connectivity index (χ1v) is 11.6. The molecule has 4 rings (SSSR count). The zero-order valence-electron chi connectivity index (χ0n) is 17.8. The van der Waals surface area contributed by atoms with Crippen LogP contribution in [0, 0.1) is 11.3 Å². The summed E-state index contributed by atoms with van der Waals surface area (Å²) in [6, 6.07) is 9.92. The molecule has 0 aromatic heterocycles. The molecule has 33 heavy (non-hydrogen) atoms. The number of aliphatic hydroxyl groups excluding tert-OH is 1. The Morgan fingerprint density at radius 1 is 1.15 bits per heavy atom. The monoisotopic (exact) mass is 477 g/mol. The lowest BCUT2D eigenvalue weighted by molar-refractivity contribution is 0.0110. The van der Waals surface area contributed by atoms with Gasteiger partial charge in [-0.25, -0.2) is 0 Å². The predicted molar refractivity (Wildman–Crippen MR) is 113 cm³/mol. The minimum atomic E-state index is -3.76. The van der Waals surface area contributed by atoms with Crippen LogP contribution < -0.4 is 18.4 Å². The molecule has 0 unspecified atom stereocenters. The van der Waals surface area contributed by atoms with Crippen LogP contribution in [0.25, 0.3) is 4.98 Å². The number of rotatable bonds is 8. The van der Waals surface area contributed by atoms with Gasteiger partial charge in [0.05, 0.1) is 26.6 Å². The molecule has 0 amide bonds. The average molecular weight is 477 g/mol. The maximum atomic E-state index is 11.5. The summed E-state index contributed by atoms with van der Waals surface area (Å²) in [6.45, 7) is 0.444. The third kappa shape index (κ3) is 4.89. The van der Waals surface area contributed by atoms with Gasteiger partial charge in [0.25, 0.3) is 0 Å². The van der Waals surface area contributed by atoms with Crippen molar-refractivity contribution in [3.8, 4) is 23.0 Å². The molecule has 2 heterocycles. The fourth-order valence-electron chi connectivity index (χ4n) is 3.58. The van der Waals surface area contributed by atoms with Crippen LogP contribution in [0.3, 0.4) is 0 Å². The molecule has 0 bridgehead atoms. The van der Waals surface area contributed by atoms with Crippen LogP contribution in [-0.2, 0) is 26.2 Å². The van der Waals surface area contributed by atoms with E-state index in [-0.39, 0.29) is 37.2 Å². The largest absolute Gasteiger partial charge is 0.493 e. The van der Waals surface area contributed by atoms with Crippen LogP contribution in [0.1, 0.15) is 17.2 Å². The Morgan fingerprint density at radius 3 is 2.67 bits per heavy atom. The number of hydrogen-bond acceptors (Lipinski definition) is 10. The highest BCUT2D eigenvalue weighted by Crippen LogP contribution is 2.43. The highest BCUT2D eigenvalue weighted by Gasteiger charge is 2.48. The summed E-state index contributed by atoms with van der Waals surface area (Å²) in [4.78, 5) is 3.16. The second-order valence-corrected chi connectivity index (χ2v) is 8.91. The van der Waals surface area contributed by atoms with Gasteiger partial charge in [-0.05, 0) is 35.4 Å². The summed E-state index contributed by atoms with van der Waals surface area (Å²) in [5, 5.41) is 19.5. The van der Waals surface area contributed by atoms with Crippen molar-refractivity contribution >= 4 is 10.1 Å². The molecule has 0 saturated heterocycles. The van der Waals surface area contributed by atoms with E-state index in [1.54, 1.807) is 18.2 Å². The van der Waals surface area contributed by atoms with E-state index in [1.807, 2.05) is 6.07 Å². The molecule has 2 aliphatic heterocycles. The molecule has 2 atom stereocenters. The first kappa shape index (κ1) is 22.5. The number of methoxy groups -OCH3 is 1. The summed E-state index contributed by atoms with van der Waals surface area (Å²) in [5.74, 6) is 0.252. The summed E-state index contributed by atoms with van der Waals surface area (Å²) in [5.41, 5.74) is 1.30. The zero-order chi connectivity index (χ0) is 23.6. The SMILES string of the molecule is COc1cc([C@H]2OC(O)=C([N+]#N)[C@@H]2COCc2ccc3c(c2)OCO3)ccc1OS(C)(=O)=O. The molecule has 11 nitrogen and oxygen atoms in total. The first-order valence-electron chi connectivity index (χ1n) is 9.77. The number of hydrogen-bond donors (Lipinski definition) is 1. The van der Waals surface area contributed by atoms with Crippen molar-refractivity contribution in [3.63, 3.8) is 0 Å². The highest BCUT2D eigenvalue weighted by molar-refractivity contribution is 7.86. The van der Waals surface area contributed by atoms with E-state index < -0.39 is 28.1 Å². The number of benzene rings is 2. The summed E-state index contributed by atoms with van der Waals surface area (Å²) in [7, 11) is -2.40. The van der Waals surface area contributed by atoms with Crippen molar-refractivity contribution in [2.45, 2.75) is 12.7 Å². The lowest BCUT2D eigenvalue weighted by Gasteiger charge is -2.18. The Bertz CT molecular complexity index is 1240. The van der Waals surface area contributed by atoms with Gasteiger partial charge in [0.1, 0.15) is 12.0 Å². The lowest BCUT2D eigenvalue weighted by atomic mass is 9.95. The van der Waals surface area contributed by atoms with E-state index in [9.17, 15) is 18.9 Å². The second-order valence-electron chi connectivity index (χ2n) is 7.34. The summed E-state index contributed by atoms with van der Waals surface area (Å²) in [6.07, 6.45) is 0.138. The van der Waals surface area contributed by atoms with Crippen LogP contribution in [-0.4, -0.2) is 40.3 Å². The molecule has 0 radical (unpaired) electrons. The molecule has 1 N–H and O–H groups in total. The molecule has 2 aromatic rings. The van der Waals surface area contributed by atoms with Crippen molar-refractivity contribution in [1.82, 2.24) is 0 Å².